The van der Waals surface area contributed by atoms with Crippen LogP contribution in [0.4, 0.5) is 14.5 Å². The molecular formula is C17H13Cl2F2NO3. The van der Waals surface area contributed by atoms with Crippen LogP contribution in [-0.4, -0.2) is 19.6 Å². The molecule has 132 valence electrons. The van der Waals surface area contributed by atoms with Crippen LogP contribution >= 0.6 is 23.2 Å². The second-order valence-electron chi connectivity index (χ2n) is 4.71. The van der Waals surface area contributed by atoms with Gasteiger partial charge in [-0.2, -0.15) is 8.78 Å². The Morgan fingerprint density at radius 3 is 2.64 bits per heavy atom. The Balaban J connectivity index is 2.18. The molecule has 0 saturated heterocycles. The number of halogens is 4. The van der Waals surface area contributed by atoms with Gasteiger partial charge in [-0.15, -0.1) is 0 Å². The number of rotatable bonds is 6. The lowest BCUT2D eigenvalue weighted by Gasteiger charge is -2.10. The van der Waals surface area contributed by atoms with E-state index in [1.807, 2.05) is 0 Å². The Morgan fingerprint density at radius 2 is 1.96 bits per heavy atom. The van der Waals surface area contributed by atoms with Gasteiger partial charge in [0.2, 0.25) is 5.91 Å². The zero-order valence-corrected chi connectivity index (χ0v) is 14.4. The van der Waals surface area contributed by atoms with E-state index in [1.165, 1.54) is 43.5 Å². The number of ether oxygens (including phenoxy) is 2. The zero-order chi connectivity index (χ0) is 18.4. The molecule has 1 N–H and O–H groups in total. The highest BCUT2D eigenvalue weighted by Gasteiger charge is 2.11. The molecule has 0 saturated carbocycles. The first-order valence-corrected chi connectivity index (χ1v) is 7.72. The van der Waals surface area contributed by atoms with Gasteiger partial charge in [0.1, 0.15) is 11.5 Å². The normalized spacial score (nSPS) is 11.0. The second kappa shape index (κ2) is 8.69. The van der Waals surface area contributed by atoms with Crippen molar-refractivity contribution >= 4 is 40.9 Å². The smallest absolute Gasteiger partial charge is 0.387 e. The SMILES string of the molecule is COc1c(Cl)cc(Cl)cc1C=CC(=O)Nc1ccccc1OC(F)F. The summed E-state index contributed by atoms with van der Waals surface area (Å²) >= 11 is 11.9. The van der Waals surface area contributed by atoms with Crippen molar-refractivity contribution in [2.24, 2.45) is 0 Å². The number of nitrogens with one attached hydrogen (secondary N) is 1. The number of carbonyl (C=O) groups excluding carboxylic acids is 1. The van der Waals surface area contributed by atoms with Crippen LogP contribution in [0.2, 0.25) is 10.0 Å². The number of methoxy groups -OCH3 is 1. The minimum Gasteiger partial charge on any atom is -0.495 e. The van der Waals surface area contributed by atoms with Gasteiger partial charge in [0, 0.05) is 16.7 Å². The van der Waals surface area contributed by atoms with E-state index in [-0.39, 0.29) is 11.4 Å². The molecule has 0 heterocycles. The molecule has 8 heteroatoms. The van der Waals surface area contributed by atoms with E-state index >= 15 is 0 Å². The van der Waals surface area contributed by atoms with E-state index in [4.69, 9.17) is 27.9 Å². The molecule has 1 amide bonds. The molecule has 0 unspecified atom stereocenters. The number of amides is 1. The molecule has 2 rings (SSSR count). The van der Waals surface area contributed by atoms with Gasteiger partial charge in [0.15, 0.2) is 0 Å². The van der Waals surface area contributed by atoms with E-state index < -0.39 is 12.5 Å². The third-order valence-electron chi connectivity index (χ3n) is 3.02. The predicted molar refractivity (Wildman–Crippen MR) is 93.8 cm³/mol. The number of para-hydroxylation sites is 2. The number of alkyl halides is 2. The summed E-state index contributed by atoms with van der Waals surface area (Å²) in [6.07, 6.45) is 2.65. The summed E-state index contributed by atoms with van der Waals surface area (Å²) in [6.45, 7) is -2.99. The van der Waals surface area contributed by atoms with Crippen molar-refractivity contribution in [1.82, 2.24) is 0 Å². The average Bonchev–Trinajstić information content (AvgIpc) is 2.54. The van der Waals surface area contributed by atoms with Crippen molar-refractivity contribution in [3.05, 3.63) is 58.1 Å². The maximum absolute atomic E-state index is 12.4. The monoisotopic (exact) mass is 387 g/mol. The van der Waals surface area contributed by atoms with Gasteiger partial charge in [0.05, 0.1) is 17.8 Å². The standard InChI is InChI=1S/C17H13Cl2F2NO3/c1-24-16-10(8-11(18)9-12(16)19)6-7-15(23)22-13-4-2-3-5-14(13)25-17(20)21/h2-9,17H,1H3,(H,22,23). The summed E-state index contributed by atoms with van der Waals surface area (Å²) in [7, 11) is 1.43. The molecule has 25 heavy (non-hydrogen) atoms. The Labute approximate surface area is 152 Å². The van der Waals surface area contributed by atoms with Crippen molar-refractivity contribution in [3.8, 4) is 11.5 Å². The number of carbonyl (C=O) groups is 1. The molecular weight excluding hydrogens is 375 g/mol. The van der Waals surface area contributed by atoms with Gasteiger partial charge in [-0.3, -0.25) is 4.79 Å². The van der Waals surface area contributed by atoms with Crippen LogP contribution in [0.15, 0.2) is 42.5 Å². The molecule has 0 spiro atoms. The fourth-order valence-electron chi connectivity index (χ4n) is 2.03. The maximum Gasteiger partial charge on any atom is 0.387 e. The molecule has 0 atom stereocenters. The van der Waals surface area contributed by atoms with Gasteiger partial charge in [0.25, 0.3) is 0 Å². The number of benzene rings is 2. The Hall–Kier alpha value is -2.31. The summed E-state index contributed by atoms with van der Waals surface area (Å²) < 4.78 is 34.3. The van der Waals surface area contributed by atoms with Crippen LogP contribution in [-0.2, 0) is 4.79 Å². The van der Waals surface area contributed by atoms with Crippen LogP contribution in [0, 0.1) is 0 Å². The van der Waals surface area contributed by atoms with Crippen LogP contribution in [0.25, 0.3) is 6.08 Å². The van der Waals surface area contributed by atoms with E-state index in [0.717, 1.165) is 0 Å². The van der Waals surface area contributed by atoms with Crippen molar-refractivity contribution in [2.75, 3.05) is 12.4 Å². The quantitative estimate of drug-likeness (QED) is 0.688. The average molecular weight is 388 g/mol. The third-order valence-corrected chi connectivity index (χ3v) is 3.52. The van der Waals surface area contributed by atoms with Gasteiger partial charge in [-0.1, -0.05) is 35.3 Å². The highest BCUT2D eigenvalue weighted by atomic mass is 35.5. The summed E-state index contributed by atoms with van der Waals surface area (Å²) in [6, 6.07) is 8.95. The predicted octanol–water partition coefficient (Wildman–Crippen LogP) is 5.26. The minimum atomic E-state index is -2.99. The fourth-order valence-corrected chi connectivity index (χ4v) is 2.61. The Bertz CT molecular complexity index is 797. The second-order valence-corrected chi connectivity index (χ2v) is 5.55. The minimum absolute atomic E-state index is 0.119. The van der Waals surface area contributed by atoms with Crippen LogP contribution in [0.5, 0.6) is 11.5 Å². The van der Waals surface area contributed by atoms with Crippen molar-refractivity contribution < 1.29 is 23.0 Å². The molecule has 0 bridgehead atoms. The highest BCUT2D eigenvalue weighted by Crippen LogP contribution is 2.33. The fraction of sp³-hybridized carbons (Fsp3) is 0.118. The first kappa shape index (κ1) is 19.0. The number of hydrogen-bond acceptors (Lipinski definition) is 3. The molecule has 0 aliphatic heterocycles. The summed E-state index contributed by atoms with van der Waals surface area (Å²) in [4.78, 5) is 12.0. The lowest BCUT2D eigenvalue weighted by atomic mass is 10.2. The van der Waals surface area contributed by atoms with E-state index in [2.05, 4.69) is 10.1 Å². The topological polar surface area (TPSA) is 47.6 Å². The zero-order valence-electron chi connectivity index (χ0n) is 12.9. The summed E-state index contributed by atoms with van der Waals surface area (Å²) in [5.74, 6) is -0.331. The number of hydrogen-bond donors (Lipinski definition) is 1. The molecule has 0 fully saturated rings. The van der Waals surface area contributed by atoms with Crippen LogP contribution in [0.3, 0.4) is 0 Å². The molecule has 0 aromatic heterocycles. The molecule has 0 radical (unpaired) electrons. The van der Waals surface area contributed by atoms with E-state index in [0.29, 0.717) is 21.4 Å². The first-order chi connectivity index (χ1) is 11.9. The maximum atomic E-state index is 12.4. The van der Waals surface area contributed by atoms with Crippen molar-refractivity contribution in [2.45, 2.75) is 6.61 Å². The van der Waals surface area contributed by atoms with Gasteiger partial charge in [-0.25, -0.2) is 0 Å². The highest BCUT2D eigenvalue weighted by molar-refractivity contribution is 6.36. The van der Waals surface area contributed by atoms with Gasteiger partial charge < -0.3 is 14.8 Å². The van der Waals surface area contributed by atoms with Gasteiger partial charge >= 0.3 is 6.61 Å². The van der Waals surface area contributed by atoms with Crippen molar-refractivity contribution in [3.63, 3.8) is 0 Å². The Morgan fingerprint density at radius 1 is 1.24 bits per heavy atom. The van der Waals surface area contributed by atoms with E-state index in [9.17, 15) is 13.6 Å². The van der Waals surface area contributed by atoms with Crippen LogP contribution in [0.1, 0.15) is 5.56 Å². The lowest BCUT2D eigenvalue weighted by molar-refractivity contribution is -0.111. The first-order valence-electron chi connectivity index (χ1n) is 6.96. The largest absolute Gasteiger partial charge is 0.495 e. The molecule has 4 nitrogen and oxygen atoms in total. The summed E-state index contributed by atoms with van der Waals surface area (Å²) in [5.41, 5.74) is 0.612. The van der Waals surface area contributed by atoms with E-state index in [1.54, 1.807) is 12.1 Å². The molecule has 2 aromatic rings. The van der Waals surface area contributed by atoms with Crippen molar-refractivity contribution in [1.29, 1.82) is 0 Å². The van der Waals surface area contributed by atoms with Crippen LogP contribution < -0.4 is 14.8 Å². The van der Waals surface area contributed by atoms with Gasteiger partial charge in [-0.05, 0) is 30.3 Å². The number of anilines is 1. The Kier molecular flexibility index (Phi) is 6.61. The molecule has 2 aromatic carbocycles. The third kappa shape index (κ3) is 5.34. The lowest BCUT2D eigenvalue weighted by Crippen LogP contribution is -2.11. The summed E-state index contributed by atoms with van der Waals surface area (Å²) in [5, 5.41) is 3.14. The molecule has 0 aliphatic carbocycles. The molecule has 0 aliphatic rings.